The van der Waals surface area contributed by atoms with E-state index in [1.165, 1.54) is 31.4 Å². The number of rotatable bonds is 5. The summed E-state index contributed by atoms with van der Waals surface area (Å²) in [4.78, 5) is 25.9. The quantitative estimate of drug-likeness (QED) is 0.416. The summed E-state index contributed by atoms with van der Waals surface area (Å²) in [7, 11) is 1.43. The lowest BCUT2D eigenvalue weighted by Gasteiger charge is -2.10. The molecule has 0 aliphatic rings. The smallest absolute Gasteiger partial charge is 0.293 e. The molecular formula is C23H16ClFN2O4. The highest BCUT2D eigenvalue weighted by Gasteiger charge is 2.24. The Morgan fingerprint density at radius 3 is 2.48 bits per heavy atom. The number of halogens is 2. The van der Waals surface area contributed by atoms with Gasteiger partial charge in [0.05, 0.1) is 18.4 Å². The number of benzene rings is 3. The van der Waals surface area contributed by atoms with Gasteiger partial charge in [0, 0.05) is 10.4 Å². The zero-order valence-electron chi connectivity index (χ0n) is 16.2. The SMILES string of the molecule is COc1ccc(Cl)cc1C(=O)Nc1c(C(=O)Nc2ccccc2F)oc2ccccc12. The van der Waals surface area contributed by atoms with E-state index in [9.17, 15) is 14.0 Å². The Balaban J connectivity index is 1.74. The molecule has 0 saturated heterocycles. The van der Waals surface area contributed by atoms with Crippen LogP contribution in [0.25, 0.3) is 11.0 Å². The molecule has 0 aliphatic carbocycles. The highest BCUT2D eigenvalue weighted by atomic mass is 35.5. The van der Waals surface area contributed by atoms with Crippen LogP contribution in [0.4, 0.5) is 15.8 Å². The Morgan fingerprint density at radius 2 is 1.71 bits per heavy atom. The molecule has 2 amide bonds. The molecule has 0 aliphatic heterocycles. The monoisotopic (exact) mass is 438 g/mol. The third-order valence-electron chi connectivity index (χ3n) is 4.57. The molecule has 8 heteroatoms. The molecule has 0 bridgehead atoms. The van der Waals surface area contributed by atoms with E-state index >= 15 is 0 Å². The van der Waals surface area contributed by atoms with Gasteiger partial charge in [0.25, 0.3) is 11.8 Å². The topological polar surface area (TPSA) is 80.6 Å². The van der Waals surface area contributed by atoms with Crippen molar-refractivity contribution in [2.45, 2.75) is 0 Å². The first-order valence-corrected chi connectivity index (χ1v) is 9.58. The summed E-state index contributed by atoms with van der Waals surface area (Å²) < 4.78 is 24.9. The summed E-state index contributed by atoms with van der Waals surface area (Å²) in [5, 5.41) is 6.03. The Morgan fingerprint density at radius 1 is 0.968 bits per heavy atom. The van der Waals surface area contributed by atoms with E-state index < -0.39 is 17.6 Å². The molecule has 6 nitrogen and oxygen atoms in total. The van der Waals surface area contributed by atoms with Crippen LogP contribution in [-0.2, 0) is 0 Å². The number of para-hydroxylation sites is 2. The first-order valence-electron chi connectivity index (χ1n) is 9.20. The van der Waals surface area contributed by atoms with Crippen molar-refractivity contribution in [3.05, 3.63) is 88.9 Å². The first kappa shape index (κ1) is 20.4. The number of nitrogens with one attached hydrogen (secondary N) is 2. The molecule has 0 saturated carbocycles. The van der Waals surface area contributed by atoms with E-state index in [4.69, 9.17) is 20.8 Å². The highest BCUT2D eigenvalue weighted by Crippen LogP contribution is 2.33. The van der Waals surface area contributed by atoms with Gasteiger partial charge in [-0.25, -0.2) is 4.39 Å². The fraction of sp³-hybridized carbons (Fsp3) is 0.0435. The minimum absolute atomic E-state index is 0.0123. The van der Waals surface area contributed by atoms with E-state index in [2.05, 4.69) is 10.6 Å². The molecule has 4 rings (SSSR count). The van der Waals surface area contributed by atoms with Crippen molar-refractivity contribution in [2.24, 2.45) is 0 Å². The normalized spacial score (nSPS) is 10.7. The summed E-state index contributed by atoms with van der Waals surface area (Å²) in [6.07, 6.45) is 0. The van der Waals surface area contributed by atoms with Crippen molar-refractivity contribution < 1.29 is 23.1 Å². The molecule has 1 aromatic heterocycles. The summed E-state index contributed by atoms with van der Waals surface area (Å²) in [6.45, 7) is 0. The molecule has 2 N–H and O–H groups in total. The number of ether oxygens (including phenoxy) is 1. The molecule has 31 heavy (non-hydrogen) atoms. The van der Waals surface area contributed by atoms with Gasteiger partial charge in [0.1, 0.15) is 22.8 Å². The van der Waals surface area contributed by atoms with Crippen molar-refractivity contribution in [1.29, 1.82) is 0 Å². The Kier molecular flexibility index (Phi) is 5.60. The van der Waals surface area contributed by atoms with Crippen LogP contribution in [0.3, 0.4) is 0 Å². The van der Waals surface area contributed by atoms with Gasteiger partial charge in [-0.1, -0.05) is 35.9 Å². The van der Waals surface area contributed by atoms with Gasteiger partial charge >= 0.3 is 0 Å². The van der Waals surface area contributed by atoms with Crippen LogP contribution in [0.5, 0.6) is 5.75 Å². The first-order chi connectivity index (χ1) is 15.0. The molecule has 1 heterocycles. The van der Waals surface area contributed by atoms with Gasteiger partial charge in [-0.2, -0.15) is 0 Å². The average molecular weight is 439 g/mol. The van der Waals surface area contributed by atoms with Crippen molar-refractivity contribution in [2.75, 3.05) is 17.7 Å². The molecule has 156 valence electrons. The zero-order chi connectivity index (χ0) is 22.0. The molecule has 0 fully saturated rings. The minimum atomic E-state index is -0.713. The second kappa shape index (κ2) is 8.49. The number of amides is 2. The van der Waals surface area contributed by atoms with Crippen molar-refractivity contribution in [1.82, 2.24) is 0 Å². The van der Waals surface area contributed by atoms with Crippen LogP contribution in [0, 0.1) is 5.82 Å². The van der Waals surface area contributed by atoms with Crippen LogP contribution in [0.2, 0.25) is 5.02 Å². The number of fused-ring (bicyclic) bond motifs is 1. The van der Waals surface area contributed by atoms with Crippen LogP contribution in [0.15, 0.2) is 71.1 Å². The summed E-state index contributed by atoms with van der Waals surface area (Å²) in [5.74, 6) is -1.72. The lowest BCUT2D eigenvalue weighted by atomic mass is 10.1. The van der Waals surface area contributed by atoms with Crippen LogP contribution >= 0.6 is 11.6 Å². The number of carbonyl (C=O) groups excluding carboxylic acids is 2. The van der Waals surface area contributed by atoms with Gasteiger partial charge in [-0.05, 0) is 42.5 Å². The molecular weight excluding hydrogens is 423 g/mol. The third-order valence-corrected chi connectivity index (χ3v) is 4.80. The number of hydrogen-bond donors (Lipinski definition) is 2. The van der Waals surface area contributed by atoms with Crippen LogP contribution < -0.4 is 15.4 Å². The molecule has 0 spiro atoms. The summed E-state index contributed by atoms with van der Waals surface area (Å²) >= 11 is 6.03. The fourth-order valence-corrected chi connectivity index (χ4v) is 3.28. The lowest BCUT2D eigenvalue weighted by Crippen LogP contribution is -2.18. The van der Waals surface area contributed by atoms with Crippen LogP contribution in [-0.4, -0.2) is 18.9 Å². The zero-order valence-corrected chi connectivity index (χ0v) is 17.0. The third kappa shape index (κ3) is 4.08. The van der Waals surface area contributed by atoms with E-state index in [0.717, 1.165) is 0 Å². The number of methoxy groups -OCH3 is 1. The van der Waals surface area contributed by atoms with E-state index in [1.54, 1.807) is 42.5 Å². The van der Waals surface area contributed by atoms with E-state index in [1.807, 2.05) is 0 Å². The number of carbonyl (C=O) groups is 2. The van der Waals surface area contributed by atoms with Gasteiger partial charge in [-0.15, -0.1) is 0 Å². The largest absolute Gasteiger partial charge is 0.496 e. The van der Waals surface area contributed by atoms with Gasteiger partial charge in [-0.3, -0.25) is 9.59 Å². The number of furan rings is 1. The second-order valence-corrected chi connectivity index (χ2v) is 6.97. The lowest BCUT2D eigenvalue weighted by molar-refractivity contribution is 0.0999. The Labute approximate surface area is 181 Å². The fourth-order valence-electron chi connectivity index (χ4n) is 3.11. The summed E-state index contributed by atoms with van der Waals surface area (Å²) in [6, 6.07) is 17.2. The highest BCUT2D eigenvalue weighted by molar-refractivity contribution is 6.31. The van der Waals surface area contributed by atoms with Gasteiger partial charge < -0.3 is 19.8 Å². The van der Waals surface area contributed by atoms with E-state index in [-0.39, 0.29) is 22.7 Å². The molecule has 3 aromatic carbocycles. The van der Waals surface area contributed by atoms with Gasteiger partial charge in [0.2, 0.25) is 5.76 Å². The predicted octanol–water partition coefficient (Wildman–Crippen LogP) is 5.74. The predicted molar refractivity (Wildman–Crippen MR) is 117 cm³/mol. The maximum absolute atomic E-state index is 14.0. The maximum atomic E-state index is 14.0. The van der Waals surface area contributed by atoms with Crippen LogP contribution in [0.1, 0.15) is 20.9 Å². The molecule has 0 atom stereocenters. The van der Waals surface area contributed by atoms with Gasteiger partial charge in [0.15, 0.2) is 0 Å². The molecule has 4 aromatic rings. The Bertz CT molecular complexity index is 1300. The average Bonchev–Trinajstić information content (AvgIpc) is 3.14. The Hall–Kier alpha value is -3.84. The maximum Gasteiger partial charge on any atom is 0.293 e. The number of hydrogen-bond acceptors (Lipinski definition) is 4. The summed E-state index contributed by atoms with van der Waals surface area (Å²) in [5.41, 5.74) is 0.702. The van der Waals surface area contributed by atoms with Crippen molar-refractivity contribution in [3.8, 4) is 5.75 Å². The van der Waals surface area contributed by atoms with E-state index in [0.29, 0.717) is 21.7 Å². The van der Waals surface area contributed by atoms with Crippen molar-refractivity contribution >= 4 is 45.8 Å². The molecule has 0 unspecified atom stereocenters. The second-order valence-electron chi connectivity index (χ2n) is 6.54. The minimum Gasteiger partial charge on any atom is -0.496 e. The number of anilines is 2. The standard InChI is InChI=1S/C23H16ClFN2O4/c1-30-18-11-10-13(24)12-15(18)22(28)27-20-14-6-2-5-9-19(14)31-21(20)23(29)26-17-8-4-3-7-16(17)25/h2-12H,1H3,(H,26,29)(H,27,28). The van der Waals surface area contributed by atoms with Crippen molar-refractivity contribution in [3.63, 3.8) is 0 Å². The molecule has 0 radical (unpaired) electrons.